The van der Waals surface area contributed by atoms with Gasteiger partial charge in [0.05, 0.1) is 11.5 Å². The van der Waals surface area contributed by atoms with Crippen LogP contribution in [0.25, 0.3) is 0 Å². The first kappa shape index (κ1) is 19.3. The summed E-state index contributed by atoms with van der Waals surface area (Å²) in [7, 11) is 0. The number of carbonyl (C=O) groups is 2. The van der Waals surface area contributed by atoms with Crippen molar-refractivity contribution >= 4 is 35.0 Å². The third-order valence-electron chi connectivity index (χ3n) is 4.51. The molecule has 27 heavy (non-hydrogen) atoms. The molecule has 5 nitrogen and oxygen atoms in total. The number of rotatable bonds is 6. The van der Waals surface area contributed by atoms with Crippen LogP contribution in [0.5, 0.6) is 0 Å². The second-order valence-electron chi connectivity index (χ2n) is 6.61. The molecule has 2 aromatic carbocycles. The number of hydrogen-bond acceptors (Lipinski definition) is 4. The quantitative estimate of drug-likeness (QED) is 0.833. The molecule has 2 amide bonds. The maximum absolute atomic E-state index is 12.4. The molecule has 0 spiro atoms. The Balaban J connectivity index is 1.37. The summed E-state index contributed by atoms with van der Waals surface area (Å²) in [5.41, 5.74) is 3.10. The Labute approximate surface area is 164 Å². The van der Waals surface area contributed by atoms with Gasteiger partial charge in [-0.2, -0.15) is 0 Å². The highest BCUT2D eigenvalue weighted by Gasteiger charge is 2.21. The number of nitrogens with one attached hydrogen (secondary N) is 1. The molecule has 1 fully saturated rings. The lowest BCUT2D eigenvalue weighted by Crippen LogP contribution is -2.49. The molecule has 1 aliphatic rings. The van der Waals surface area contributed by atoms with Crippen LogP contribution in [-0.2, 0) is 9.59 Å². The number of aryl methyl sites for hydroxylation is 1. The molecular weight excluding hydrogens is 358 g/mol. The van der Waals surface area contributed by atoms with E-state index in [9.17, 15) is 9.59 Å². The third kappa shape index (κ3) is 5.76. The van der Waals surface area contributed by atoms with Gasteiger partial charge in [-0.25, -0.2) is 0 Å². The van der Waals surface area contributed by atoms with Crippen molar-refractivity contribution in [1.29, 1.82) is 0 Å². The Morgan fingerprint density at radius 3 is 2.41 bits per heavy atom. The van der Waals surface area contributed by atoms with E-state index in [-0.39, 0.29) is 17.6 Å². The van der Waals surface area contributed by atoms with Crippen LogP contribution >= 0.6 is 11.8 Å². The molecule has 0 unspecified atom stereocenters. The maximum atomic E-state index is 12.4. The summed E-state index contributed by atoms with van der Waals surface area (Å²) >= 11 is 1.37. The highest BCUT2D eigenvalue weighted by molar-refractivity contribution is 8.00. The number of hydrogen-bond donors (Lipinski definition) is 1. The molecule has 0 aromatic heterocycles. The normalized spacial score (nSPS) is 14.1. The fraction of sp³-hybridized carbons (Fsp3) is 0.333. The smallest absolute Gasteiger partial charge is 0.234 e. The molecule has 3 rings (SSSR count). The summed E-state index contributed by atoms with van der Waals surface area (Å²) in [6.45, 7) is 5.12. The molecular formula is C21H25N3O2S. The van der Waals surface area contributed by atoms with Gasteiger partial charge in [0.1, 0.15) is 0 Å². The van der Waals surface area contributed by atoms with Crippen molar-refractivity contribution in [2.24, 2.45) is 0 Å². The lowest BCUT2D eigenvalue weighted by atomic mass is 10.2. The minimum atomic E-state index is -0.0766. The van der Waals surface area contributed by atoms with Crippen LogP contribution in [0.2, 0.25) is 0 Å². The Bertz CT molecular complexity index is 774. The van der Waals surface area contributed by atoms with Crippen LogP contribution in [0, 0.1) is 6.92 Å². The number of thioether (sulfide) groups is 1. The first-order chi connectivity index (χ1) is 13.1. The zero-order chi connectivity index (χ0) is 19.1. The Kier molecular flexibility index (Phi) is 6.76. The van der Waals surface area contributed by atoms with E-state index >= 15 is 0 Å². The van der Waals surface area contributed by atoms with Gasteiger partial charge >= 0.3 is 0 Å². The van der Waals surface area contributed by atoms with E-state index in [1.54, 1.807) is 0 Å². The van der Waals surface area contributed by atoms with Crippen LogP contribution in [0.15, 0.2) is 54.6 Å². The molecule has 0 radical (unpaired) electrons. The minimum absolute atomic E-state index is 0.0766. The minimum Gasteiger partial charge on any atom is -0.368 e. The summed E-state index contributed by atoms with van der Waals surface area (Å²) in [5.74, 6) is 0.652. The molecule has 2 aromatic rings. The predicted molar refractivity (Wildman–Crippen MR) is 112 cm³/mol. The lowest BCUT2D eigenvalue weighted by Gasteiger charge is -2.36. The van der Waals surface area contributed by atoms with Gasteiger partial charge in [0.15, 0.2) is 0 Å². The van der Waals surface area contributed by atoms with Gasteiger partial charge in [0.25, 0.3) is 0 Å². The van der Waals surface area contributed by atoms with Gasteiger partial charge in [-0.1, -0.05) is 30.3 Å². The van der Waals surface area contributed by atoms with Crippen molar-refractivity contribution in [1.82, 2.24) is 4.90 Å². The van der Waals surface area contributed by atoms with Gasteiger partial charge in [0, 0.05) is 37.6 Å². The highest BCUT2D eigenvalue weighted by Crippen LogP contribution is 2.16. The van der Waals surface area contributed by atoms with Crippen molar-refractivity contribution in [2.45, 2.75) is 6.92 Å². The zero-order valence-corrected chi connectivity index (χ0v) is 16.4. The van der Waals surface area contributed by atoms with Gasteiger partial charge in [-0.15, -0.1) is 11.8 Å². The second-order valence-corrected chi connectivity index (χ2v) is 7.60. The number of amides is 2. The van der Waals surface area contributed by atoms with Crippen molar-refractivity contribution in [2.75, 3.05) is 47.9 Å². The number of benzene rings is 2. The van der Waals surface area contributed by atoms with E-state index in [0.717, 1.165) is 37.4 Å². The monoisotopic (exact) mass is 383 g/mol. The number of nitrogens with zero attached hydrogens (tertiary/aromatic N) is 2. The Hall–Kier alpha value is -2.47. The van der Waals surface area contributed by atoms with E-state index in [2.05, 4.69) is 22.3 Å². The second kappa shape index (κ2) is 9.46. The number of anilines is 2. The number of carbonyl (C=O) groups excluding carboxylic acids is 2. The summed E-state index contributed by atoms with van der Waals surface area (Å²) in [4.78, 5) is 28.6. The molecule has 1 saturated heterocycles. The standard InChI is InChI=1S/C21H25N3O2S/c1-17-6-5-7-18(14-17)22-20(25)15-27-16-21(26)24-12-10-23(11-13-24)19-8-3-2-4-9-19/h2-9,14H,10-13,15-16H2,1H3,(H,22,25). The molecule has 0 saturated carbocycles. The van der Waals surface area contributed by atoms with Crippen molar-refractivity contribution in [3.8, 4) is 0 Å². The highest BCUT2D eigenvalue weighted by atomic mass is 32.2. The average Bonchev–Trinajstić information content (AvgIpc) is 2.69. The van der Waals surface area contributed by atoms with Crippen LogP contribution in [-0.4, -0.2) is 54.4 Å². The van der Waals surface area contributed by atoms with E-state index in [1.807, 2.05) is 54.3 Å². The Morgan fingerprint density at radius 2 is 1.70 bits per heavy atom. The van der Waals surface area contributed by atoms with Gasteiger partial charge in [0.2, 0.25) is 11.8 Å². The Morgan fingerprint density at radius 1 is 0.963 bits per heavy atom. The van der Waals surface area contributed by atoms with Crippen LogP contribution < -0.4 is 10.2 Å². The fourth-order valence-corrected chi connectivity index (χ4v) is 3.81. The summed E-state index contributed by atoms with van der Waals surface area (Å²) in [6.07, 6.45) is 0. The average molecular weight is 384 g/mol. The molecule has 0 aliphatic carbocycles. The lowest BCUT2D eigenvalue weighted by molar-refractivity contribution is -0.128. The van der Waals surface area contributed by atoms with Crippen molar-refractivity contribution in [3.63, 3.8) is 0 Å². The summed E-state index contributed by atoms with van der Waals surface area (Å²) in [6, 6.07) is 18.0. The topological polar surface area (TPSA) is 52.7 Å². The molecule has 1 heterocycles. The van der Waals surface area contributed by atoms with E-state index in [4.69, 9.17) is 0 Å². The summed E-state index contributed by atoms with van der Waals surface area (Å²) in [5, 5.41) is 2.87. The maximum Gasteiger partial charge on any atom is 0.234 e. The van der Waals surface area contributed by atoms with Gasteiger partial charge < -0.3 is 15.1 Å². The number of piperazine rings is 1. The zero-order valence-electron chi connectivity index (χ0n) is 15.6. The third-order valence-corrected chi connectivity index (χ3v) is 5.43. The van der Waals surface area contributed by atoms with E-state index < -0.39 is 0 Å². The SMILES string of the molecule is Cc1cccc(NC(=O)CSCC(=O)N2CCN(c3ccccc3)CC2)c1. The summed E-state index contributed by atoms with van der Waals surface area (Å²) < 4.78 is 0. The van der Waals surface area contributed by atoms with Gasteiger partial charge in [-0.05, 0) is 36.8 Å². The number of para-hydroxylation sites is 1. The van der Waals surface area contributed by atoms with E-state index in [0.29, 0.717) is 5.75 Å². The molecule has 6 heteroatoms. The first-order valence-electron chi connectivity index (χ1n) is 9.14. The predicted octanol–water partition coefficient (Wildman–Crippen LogP) is 3.02. The van der Waals surface area contributed by atoms with Crippen LogP contribution in [0.3, 0.4) is 0 Å². The van der Waals surface area contributed by atoms with Crippen LogP contribution in [0.1, 0.15) is 5.56 Å². The molecule has 1 aliphatic heterocycles. The molecule has 0 atom stereocenters. The molecule has 142 valence electrons. The van der Waals surface area contributed by atoms with Crippen molar-refractivity contribution < 1.29 is 9.59 Å². The molecule has 1 N–H and O–H groups in total. The van der Waals surface area contributed by atoms with Gasteiger partial charge in [-0.3, -0.25) is 9.59 Å². The van der Waals surface area contributed by atoms with Crippen LogP contribution in [0.4, 0.5) is 11.4 Å². The van der Waals surface area contributed by atoms with Crippen molar-refractivity contribution in [3.05, 3.63) is 60.2 Å². The largest absolute Gasteiger partial charge is 0.368 e. The van der Waals surface area contributed by atoms with E-state index in [1.165, 1.54) is 17.4 Å². The fourth-order valence-electron chi connectivity index (χ4n) is 3.10. The molecule has 0 bridgehead atoms. The first-order valence-corrected chi connectivity index (χ1v) is 10.3.